The van der Waals surface area contributed by atoms with Crippen molar-refractivity contribution < 1.29 is 15.0 Å². The quantitative estimate of drug-likeness (QED) is 0.746. The molecule has 1 aromatic heterocycles. The van der Waals surface area contributed by atoms with Gasteiger partial charge in [-0.05, 0) is 49.6 Å². The molecule has 108 valence electrons. The van der Waals surface area contributed by atoms with E-state index in [-0.39, 0.29) is 6.61 Å². The molecule has 0 spiro atoms. The van der Waals surface area contributed by atoms with E-state index in [1.807, 2.05) is 16.8 Å². The van der Waals surface area contributed by atoms with Gasteiger partial charge in [0.25, 0.3) is 0 Å². The van der Waals surface area contributed by atoms with Crippen LogP contribution in [0.25, 0.3) is 10.9 Å². The lowest BCUT2D eigenvalue weighted by Crippen LogP contribution is -2.02. The number of hydrogen-bond donors (Lipinski definition) is 3. The number of carbonyl (C=O) groups is 1. The third kappa shape index (κ3) is 2.69. The predicted octanol–water partition coefficient (Wildman–Crippen LogP) is 1.53. The molecule has 0 atom stereocenters. The van der Waals surface area contributed by atoms with Crippen LogP contribution < -0.4 is 5.73 Å². The summed E-state index contributed by atoms with van der Waals surface area (Å²) in [6, 6.07) is 3.60. The van der Waals surface area contributed by atoms with E-state index in [9.17, 15) is 9.90 Å². The second-order valence-electron chi connectivity index (χ2n) is 4.95. The highest BCUT2D eigenvalue weighted by Crippen LogP contribution is 2.26. The highest BCUT2D eigenvalue weighted by molar-refractivity contribution is 5.96. The van der Waals surface area contributed by atoms with E-state index in [4.69, 9.17) is 10.8 Å². The van der Waals surface area contributed by atoms with Crippen molar-refractivity contribution >= 4 is 16.9 Å². The Hall–Kier alpha value is -1.85. The molecule has 0 bridgehead atoms. The van der Waals surface area contributed by atoms with E-state index in [0.29, 0.717) is 18.7 Å². The fourth-order valence-corrected chi connectivity index (χ4v) is 2.53. The van der Waals surface area contributed by atoms with Crippen molar-refractivity contribution in [2.45, 2.75) is 26.3 Å². The molecular formula is C15H20N2O3. The van der Waals surface area contributed by atoms with Gasteiger partial charge < -0.3 is 20.5 Å². The Bertz CT molecular complexity index is 632. The smallest absolute Gasteiger partial charge is 0.335 e. The Kier molecular flexibility index (Phi) is 4.42. The first-order chi connectivity index (χ1) is 9.58. The number of aliphatic hydroxyl groups is 1. The van der Waals surface area contributed by atoms with Gasteiger partial charge in [0, 0.05) is 23.6 Å². The first-order valence-corrected chi connectivity index (χ1v) is 6.75. The highest BCUT2D eigenvalue weighted by atomic mass is 16.4. The van der Waals surface area contributed by atoms with Crippen molar-refractivity contribution in [2.75, 3.05) is 13.2 Å². The molecular weight excluding hydrogens is 256 g/mol. The van der Waals surface area contributed by atoms with Gasteiger partial charge in [-0.15, -0.1) is 0 Å². The van der Waals surface area contributed by atoms with Crippen LogP contribution in [0, 0.1) is 6.92 Å². The van der Waals surface area contributed by atoms with E-state index in [2.05, 4.69) is 0 Å². The number of carboxylic acid groups (broad SMARTS) is 1. The second-order valence-corrected chi connectivity index (χ2v) is 4.95. The first-order valence-electron chi connectivity index (χ1n) is 6.75. The predicted molar refractivity (Wildman–Crippen MR) is 78.1 cm³/mol. The molecule has 0 saturated heterocycles. The summed E-state index contributed by atoms with van der Waals surface area (Å²) in [5.41, 5.74) is 8.65. The van der Waals surface area contributed by atoms with Crippen molar-refractivity contribution in [1.29, 1.82) is 0 Å². The minimum absolute atomic E-state index is 0.0554. The van der Waals surface area contributed by atoms with Gasteiger partial charge in [0.1, 0.15) is 0 Å². The lowest BCUT2D eigenvalue weighted by molar-refractivity contribution is 0.0696. The summed E-state index contributed by atoms with van der Waals surface area (Å²) in [7, 11) is 0. The van der Waals surface area contributed by atoms with Gasteiger partial charge in [-0.1, -0.05) is 0 Å². The topological polar surface area (TPSA) is 88.5 Å². The maximum atomic E-state index is 11.3. The van der Waals surface area contributed by atoms with Gasteiger partial charge >= 0.3 is 5.97 Å². The van der Waals surface area contributed by atoms with Crippen molar-refractivity contribution in [1.82, 2.24) is 4.57 Å². The minimum atomic E-state index is -0.913. The number of fused-ring (bicyclic) bond motifs is 1. The molecule has 0 aliphatic rings. The van der Waals surface area contributed by atoms with Crippen LogP contribution in [-0.2, 0) is 13.0 Å². The first kappa shape index (κ1) is 14.6. The largest absolute Gasteiger partial charge is 0.478 e. The van der Waals surface area contributed by atoms with Crippen molar-refractivity contribution in [3.63, 3.8) is 0 Å². The molecule has 5 nitrogen and oxygen atoms in total. The molecule has 0 amide bonds. The van der Waals surface area contributed by atoms with E-state index < -0.39 is 5.97 Å². The van der Waals surface area contributed by atoms with Gasteiger partial charge in [-0.2, -0.15) is 0 Å². The molecule has 4 N–H and O–H groups in total. The molecule has 2 rings (SSSR count). The second kappa shape index (κ2) is 6.07. The Morgan fingerprint density at radius 3 is 2.75 bits per heavy atom. The Morgan fingerprint density at radius 1 is 1.40 bits per heavy atom. The van der Waals surface area contributed by atoms with Crippen LogP contribution in [0.4, 0.5) is 0 Å². The molecule has 2 aromatic rings. The monoisotopic (exact) mass is 276 g/mol. The van der Waals surface area contributed by atoms with Gasteiger partial charge in [0.15, 0.2) is 0 Å². The summed E-state index contributed by atoms with van der Waals surface area (Å²) >= 11 is 0. The number of aromatic nitrogens is 1. The molecule has 1 heterocycles. The SMILES string of the molecule is Cc1cc2c(cc1C(=O)O)c(CCCN)cn2CCO. The average molecular weight is 276 g/mol. The molecule has 0 unspecified atom stereocenters. The maximum Gasteiger partial charge on any atom is 0.335 e. The standard InChI is InChI=1S/C15H20N2O3/c1-10-7-14-13(8-12(10)15(19)20)11(3-2-4-16)9-17(14)5-6-18/h7-9,18H,2-6,16H2,1H3,(H,19,20). The van der Waals surface area contributed by atoms with E-state index in [1.54, 1.807) is 13.0 Å². The molecule has 1 aromatic carbocycles. The molecule has 0 aliphatic heterocycles. The van der Waals surface area contributed by atoms with Crippen molar-refractivity contribution in [2.24, 2.45) is 5.73 Å². The van der Waals surface area contributed by atoms with Crippen LogP contribution in [0.3, 0.4) is 0 Å². The molecule has 0 saturated carbocycles. The number of carboxylic acids is 1. The number of nitrogens with two attached hydrogens (primary N) is 1. The lowest BCUT2D eigenvalue weighted by atomic mass is 10.0. The van der Waals surface area contributed by atoms with Crippen LogP contribution in [0.5, 0.6) is 0 Å². The number of benzene rings is 1. The van der Waals surface area contributed by atoms with Gasteiger partial charge in [-0.25, -0.2) is 4.79 Å². The zero-order valence-electron chi connectivity index (χ0n) is 11.6. The van der Waals surface area contributed by atoms with Crippen LogP contribution in [0.1, 0.15) is 27.9 Å². The Balaban J connectivity index is 2.60. The molecule has 20 heavy (non-hydrogen) atoms. The zero-order chi connectivity index (χ0) is 14.7. The molecule has 0 aliphatic carbocycles. The summed E-state index contributed by atoms with van der Waals surface area (Å²) in [5, 5.41) is 19.3. The maximum absolute atomic E-state index is 11.3. The number of aryl methyl sites for hydroxylation is 2. The summed E-state index contributed by atoms with van der Waals surface area (Å²) in [6.45, 7) is 2.95. The third-order valence-corrected chi connectivity index (χ3v) is 3.53. The number of hydrogen-bond acceptors (Lipinski definition) is 3. The van der Waals surface area contributed by atoms with E-state index in [1.165, 1.54) is 0 Å². The van der Waals surface area contributed by atoms with Crippen LogP contribution in [0.2, 0.25) is 0 Å². The van der Waals surface area contributed by atoms with Crippen LogP contribution >= 0.6 is 0 Å². The molecule has 0 radical (unpaired) electrons. The van der Waals surface area contributed by atoms with Gasteiger partial charge in [0.05, 0.1) is 12.2 Å². The summed E-state index contributed by atoms with van der Waals surface area (Å²) in [4.78, 5) is 11.3. The number of aliphatic hydroxyl groups excluding tert-OH is 1. The number of aromatic carboxylic acids is 1. The van der Waals surface area contributed by atoms with Gasteiger partial charge in [0.2, 0.25) is 0 Å². The molecule has 0 fully saturated rings. The van der Waals surface area contributed by atoms with E-state index >= 15 is 0 Å². The molecule has 5 heteroatoms. The highest BCUT2D eigenvalue weighted by Gasteiger charge is 2.14. The fourth-order valence-electron chi connectivity index (χ4n) is 2.53. The summed E-state index contributed by atoms with van der Waals surface area (Å²) in [5.74, 6) is -0.913. The summed E-state index contributed by atoms with van der Waals surface area (Å²) in [6.07, 6.45) is 3.66. The van der Waals surface area contributed by atoms with Gasteiger partial charge in [-0.3, -0.25) is 0 Å². The average Bonchev–Trinajstić information content (AvgIpc) is 2.73. The third-order valence-electron chi connectivity index (χ3n) is 3.53. The normalized spacial score (nSPS) is 11.2. The lowest BCUT2D eigenvalue weighted by Gasteiger charge is -2.05. The van der Waals surface area contributed by atoms with Crippen LogP contribution in [0.15, 0.2) is 18.3 Å². The summed E-state index contributed by atoms with van der Waals surface area (Å²) < 4.78 is 1.97. The van der Waals surface area contributed by atoms with Crippen molar-refractivity contribution in [3.05, 3.63) is 35.0 Å². The van der Waals surface area contributed by atoms with Crippen LogP contribution in [-0.4, -0.2) is 33.9 Å². The van der Waals surface area contributed by atoms with Crippen molar-refractivity contribution in [3.8, 4) is 0 Å². The Morgan fingerprint density at radius 2 is 2.15 bits per heavy atom. The minimum Gasteiger partial charge on any atom is -0.478 e. The van der Waals surface area contributed by atoms with E-state index in [0.717, 1.165) is 34.9 Å². The Labute approximate surface area is 117 Å². The fraction of sp³-hybridized carbons (Fsp3) is 0.400. The number of nitrogens with zero attached hydrogens (tertiary/aromatic N) is 1. The zero-order valence-corrected chi connectivity index (χ0v) is 11.6. The number of rotatable bonds is 6.